The zero-order chi connectivity index (χ0) is 5.70. The van der Waals surface area contributed by atoms with Crippen LogP contribution in [0, 0.1) is 0 Å². The molecule has 0 aromatic rings. The van der Waals surface area contributed by atoms with Crippen LogP contribution in [0.25, 0.3) is 0 Å². The van der Waals surface area contributed by atoms with Crippen molar-refractivity contribution in [1.82, 2.24) is 0 Å². The second-order valence-electron chi connectivity index (χ2n) is 1.54. The van der Waals surface area contributed by atoms with Gasteiger partial charge in [0.2, 0.25) is 0 Å². The van der Waals surface area contributed by atoms with Gasteiger partial charge in [-0.2, -0.15) is 0 Å². The van der Waals surface area contributed by atoms with Crippen molar-refractivity contribution in [3.8, 4) is 0 Å². The Hall–Kier alpha value is -0.110. The van der Waals surface area contributed by atoms with Gasteiger partial charge >= 0.3 is 0 Å². The normalized spacial score (nSPS) is 8.29. The molecule has 7 heavy (non-hydrogen) atoms. The Morgan fingerprint density at radius 1 is 1.71 bits per heavy atom. The Kier molecular flexibility index (Phi) is 4.00. The summed E-state index contributed by atoms with van der Waals surface area (Å²) in [7, 11) is 0. The van der Waals surface area contributed by atoms with Gasteiger partial charge in [-0.25, -0.2) is 4.21 Å². The van der Waals surface area contributed by atoms with Gasteiger partial charge in [-0.1, -0.05) is 13.3 Å². The quantitative estimate of drug-likeness (QED) is 0.498. The largest absolute Gasteiger partial charge is 0.212 e. The summed E-state index contributed by atoms with van der Waals surface area (Å²) >= 11 is 0.616. The van der Waals surface area contributed by atoms with Crippen molar-refractivity contribution in [2.45, 2.75) is 26.7 Å². The lowest BCUT2D eigenvalue weighted by Gasteiger charge is -1.84. The van der Waals surface area contributed by atoms with Crippen LogP contribution in [0.4, 0.5) is 0 Å². The lowest BCUT2D eigenvalue weighted by atomic mass is 10.3. The molecule has 0 saturated heterocycles. The van der Waals surface area contributed by atoms with E-state index in [0.29, 0.717) is 11.3 Å². The Bertz CT molecular complexity index is 92.3. The maximum atomic E-state index is 9.90. The van der Waals surface area contributed by atoms with Gasteiger partial charge in [-0.15, -0.1) is 0 Å². The summed E-state index contributed by atoms with van der Waals surface area (Å²) in [5.41, 5.74) is 0. The Morgan fingerprint density at radius 3 is 2.43 bits per heavy atom. The standard InChI is InChI=1S/C5H10OS/c1-3-4-5(2)7-6/h3-4H2,1-2H3. The molecule has 2 heteroatoms. The molecule has 0 heterocycles. The van der Waals surface area contributed by atoms with Gasteiger partial charge < -0.3 is 0 Å². The van der Waals surface area contributed by atoms with Crippen molar-refractivity contribution in [1.29, 1.82) is 0 Å². The molecule has 0 spiro atoms. The lowest BCUT2D eigenvalue weighted by molar-refractivity contribution is 0.700. The molecule has 0 aromatic carbocycles. The summed E-state index contributed by atoms with van der Waals surface area (Å²) in [6, 6.07) is 0. The highest BCUT2D eigenvalue weighted by atomic mass is 32.1. The summed E-state index contributed by atoms with van der Waals surface area (Å²) in [5, 5.41) is 0. The summed E-state index contributed by atoms with van der Waals surface area (Å²) in [4.78, 5) is 0.988. The van der Waals surface area contributed by atoms with Gasteiger partial charge in [-0.3, -0.25) is 0 Å². The molecule has 0 radical (unpaired) electrons. The predicted molar refractivity (Wildman–Crippen MR) is 33.7 cm³/mol. The van der Waals surface area contributed by atoms with Crippen LogP contribution >= 0.6 is 0 Å². The highest BCUT2D eigenvalue weighted by molar-refractivity contribution is 7.66. The van der Waals surface area contributed by atoms with Gasteiger partial charge in [-0.05, 0) is 13.3 Å². The van der Waals surface area contributed by atoms with Crippen LogP contribution < -0.4 is 0 Å². The molecule has 0 N–H and O–H groups in total. The maximum Gasteiger partial charge on any atom is 0.0873 e. The molecule has 1 nitrogen and oxygen atoms in total. The van der Waals surface area contributed by atoms with Crippen molar-refractivity contribution >= 4 is 16.1 Å². The molecule has 0 unspecified atom stereocenters. The molecule has 0 saturated carbocycles. The van der Waals surface area contributed by atoms with E-state index in [4.69, 9.17) is 0 Å². The average Bonchev–Trinajstić information content (AvgIpc) is 1.68. The van der Waals surface area contributed by atoms with Crippen LogP contribution in [-0.2, 0) is 11.3 Å². The minimum Gasteiger partial charge on any atom is -0.212 e. The summed E-state index contributed by atoms with van der Waals surface area (Å²) in [6.07, 6.45) is 2.05. The van der Waals surface area contributed by atoms with Gasteiger partial charge in [0.05, 0.1) is 11.3 Å². The van der Waals surface area contributed by atoms with E-state index in [-0.39, 0.29) is 0 Å². The lowest BCUT2D eigenvalue weighted by Crippen LogP contribution is -1.86. The molecule has 0 aliphatic carbocycles. The van der Waals surface area contributed by atoms with E-state index in [9.17, 15) is 4.21 Å². The molecule has 0 amide bonds. The first-order chi connectivity index (χ1) is 3.31. The van der Waals surface area contributed by atoms with Gasteiger partial charge in [0, 0.05) is 4.86 Å². The Morgan fingerprint density at radius 2 is 2.29 bits per heavy atom. The second-order valence-corrected chi connectivity index (χ2v) is 2.40. The van der Waals surface area contributed by atoms with Crippen LogP contribution in [0.15, 0.2) is 0 Å². The van der Waals surface area contributed by atoms with Crippen molar-refractivity contribution in [3.05, 3.63) is 0 Å². The molecule has 0 atom stereocenters. The fourth-order valence-corrected chi connectivity index (χ4v) is 0.681. The van der Waals surface area contributed by atoms with Crippen molar-refractivity contribution in [3.63, 3.8) is 0 Å². The van der Waals surface area contributed by atoms with E-state index >= 15 is 0 Å². The van der Waals surface area contributed by atoms with Crippen LogP contribution in [-0.4, -0.2) is 9.07 Å². The summed E-state index contributed by atoms with van der Waals surface area (Å²) in [5.74, 6) is 0. The van der Waals surface area contributed by atoms with Gasteiger partial charge in [0.25, 0.3) is 0 Å². The van der Waals surface area contributed by atoms with Crippen LogP contribution in [0.5, 0.6) is 0 Å². The monoisotopic (exact) mass is 118 g/mol. The fraction of sp³-hybridized carbons (Fsp3) is 0.800. The van der Waals surface area contributed by atoms with Gasteiger partial charge in [0.1, 0.15) is 0 Å². The maximum absolute atomic E-state index is 9.90. The van der Waals surface area contributed by atoms with E-state index in [0.717, 1.165) is 17.7 Å². The van der Waals surface area contributed by atoms with Crippen LogP contribution in [0.1, 0.15) is 26.7 Å². The molecule has 0 aliphatic heterocycles. The first-order valence-corrected chi connectivity index (χ1v) is 3.17. The molecule has 0 aromatic heterocycles. The van der Waals surface area contributed by atoms with E-state index in [2.05, 4.69) is 6.92 Å². The number of hydrogen-bond acceptors (Lipinski definition) is 1. The second kappa shape index (κ2) is 4.06. The highest BCUT2D eigenvalue weighted by Crippen LogP contribution is 1.85. The molecular formula is C5H10OS. The first kappa shape index (κ1) is 6.89. The average molecular weight is 118 g/mol. The minimum atomic E-state index is 0.616. The Balaban J connectivity index is 3.37. The third-order valence-corrected chi connectivity index (χ3v) is 1.23. The fourth-order valence-electron chi connectivity index (χ4n) is 0.394. The third-order valence-electron chi connectivity index (χ3n) is 0.744. The molecular weight excluding hydrogens is 108 g/mol. The molecule has 0 bridgehead atoms. The Labute approximate surface area is 47.8 Å². The SMILES string of the molecule is CCCC(C)=S=O. The van der Waals surface area contributed by atoms with E-state index in [1.165, 1.54) is 0 Å². The predicted octanol–water partition coefficient (Wildman–Crippen LogP) is 1.19. The van der Waals surface area contributed by atoms with Crippen molar-refractivity contribution < 1.29 is 4.21 Å². The van der Waals surface area contributed by atoms with E-state index < -0.39 is 0 Å². The van der Waals surface area contributed by atoms with Crippen LogP contribution in [0.3, 0.4) is 0 Å². The van der Waals surface area contributed by atoms with Crippen molar-refractivity contribution in [2.24, 2.45) is 0 Å². The smallest absolute Gasteiger partial charge is 0.0873 e. The first-order valence-electron chi connectivity index (χ1n) is 2.43. The molecule has 0 aliphatic rings. The number of hydrogen-bond donors (Lipinski definition) is 0. The number of rotatable bonds is 2. The summed E-state index contributed by atoms with van der Waals surface area (Å²) in [6.45, 7) is 3.95. The molecule has 42 valence electrons. The van der Waals surface area contributed by atoms with Crippen molar-refractivity contribution in [2.75, 3.05) is 0 Å². The highest BCUT2D eigenvalue weighted by Gasteiger charge is 1.82. The summed E-state index contributed by atoms with van der Waals surface area (Å²) < 4.78 is 9.90. The van der Waals surface area contributed by atoms with E-state index in [1.807, 2.05) is 6.92 Å². The zero-order valence-electron chi connectivity index (χ0n) is 4.73. The van der Waals surface area contributed by atoms with Gasteiger partial charge in [0.15, 0.2) is 0 Å². The van der Waals surface area contributed by atoms with E-state index in [1.54, 1.807) is 0 Å². The molecule has 0 fully saturated rings. The van der Waals surface area contributed by atoms with Crippen LogP contribution in [0.2, 0.25) is 0 Å². The molecule has 0 rings (SSSR count). The zero-order valence-corrected chi connectivity index (χ0v) is 5.55. The minimum absolute atomic E-state index is 0.616. The topological polar surface area (TPSA) is 17.1 Å². The third kappa shape index (κ3) is 3.73.